The summed E-state index contributed by atoms with van der Waals surface area (Å²) in [5.74, 6) is -0.694. The van der Waals surface area contributed by atoms with Crippen molar-refractivity contribution >= 4 is 51.2 Å². The second kappa shape index (κ2) is 8.03. The zero-order chi connectivity index (χ0) is 21.3. The predicted molar refractivity (Wildman–Crippen MR) is 118 cm³/mol. The second-order valence-corrected chi connectivity index (χ2v) is 7.56. The van der Waals surface area contributed by atoms with E-state index in [0.29, 0.717) is 34.0 Å². The van der Waals surface area contributed by atoms with Gasteiger partial charge in [0.1, 0.15) is 11.0 Å². The highest BCUT2D eigenvalue weighted by Crippen LogP contribution is 2.24. The maximum atomic E-state index is 12.9. The van der Waals surface area contributed by atoms with Gasteiger partial charge in [-0.25, -0.2) is 4.98 Å². The molecule has 4 rings (SSSR count). The van der Waals surface area contributed by atoms with Crippen molar-refractivity contribution in [1.82, 2.24) is 14.5 Å². The summed E-state index contributed by atoms with van der Waals surface area (Å²) in [4.78, 5) is 44.2. The first kappa shape index (κ1) is 19.7. The van der Waals surface area contributed by atoms with Crippen LogP contribution in [0.1, 0.15) is 17.3 Å². The summed E-state index contributed by atoms with van der Waals surface area (Å²) in [5, 5.41) is 4.11. The van der Waals surface area contributed by atoms with E-state index in [-0.39, 0.29) is 17.2 Å². The van der Waals surface area contributed by atoms with E-state index in [4.69, 9.17) is 5.73 Å². The Morgan fingerprint density at radius 3 is 2.60 bits per heavy atom. The molecule has 2 heterocycles. The molecule has 0 bridgehead atoms. The molecule has 4 aromatic rings. The molecular formula is C21H19N5O3S. The van der Waals surface area contributed by atoms with Gasteiger partial charge >= 0.3 is 0 Å². The van der Waals surface area contributed by atoms with E-state index in [9.17, 15) is 14.4 Å². The van der Waals surface area contributed by atoms with Gasteiger partial charge in [0.2, 0.25) is 11.8 Å². The number of carbonyl (C=O) groups excluding carboxylic acids is 2. The molecule has 2 aromatic carbocycles. The lowest BCUT2D eigenvalue weighted by atomic mass is 10.2. The molecule has 0 aliphatic rings. The average molecular weight is 421 g/mol. The number of primary amides is 1. The first-order valence-electron chi connectivity index (χ1n) is 9.31. The first-order chi connectivity index (χ1) is 14.5. The number of nitrogens with one attached hydrogen (secondary N) is 2. The lowest BCUT2D eigenvalue weighted by Crippen LogP contribution is -2.23. The lowest BCUT2D eigenvalue weighted by Gasteiger charge is -2.10. The molecule has 0 saturated carbocycles. The van der Waals surface area contributed by atoms with Gasteiger partial charge in [0, 0.05) is 28.7 Å². The Labute approximate surface area is 175 Å². The smallest absolute Gasteiger partial charge is 0.278 e. The lowest BCUT2D eigenvalue weighted by molar-refractivity contribution is -0.113. The predicted octanol–water partition coefficient (Wildman–Crippen LogP) is 2.73. The number of benzene rings is 2. The van der Waals surface area contributed by atoms with Crippen LogP contribution < -0.4 is 16.6 Å². The van der Waals surface area contributed by atoms with Gasteiger partial charge in [0.15, 0.2) is 5.16 Å². The molecule has 0 unspecified atom stereocenters. The number of anilines is 1. The Bertz CT molecular complexity index is 1320. The van der Waals surface area contributed by atoms with E-state index in [1.165, 1.54) is 11.8 Å². The third-order valence-electron chi connectivity index (χ3n) is 4.68. The minimum Gasteiger partial charge on any atom is -0.366 e. The molecule has 0 aliphatic heterocycles. The summed E-state index contributed by atoms with van der Waals surface area (Å²) >= 11 is 1.20. The maximum absolute atomic E-state index is 12.9. The molecule has 2 amide bonds. The molecule has 4 N–H and O–H groups in total. The van der Waals surface area contributed by atoms with E-state index in [1.807, 2.05) is 31.2 Å². The highest BCUT2D eigenvalue weighted by Gasteiger charge is 2.16. The molecule has 0 radical (unpaired) electrons. The van der Waals surface area contributed by atoms with E-state index in [2.05, 4.69) is 15.3 Å². The van der Waals surface area contributed by atoms with Crippen LogP contribution in [0.4, 0.5) is 5.69 Å². The molecule has 0 spiro atoms. The van der Waals surface area contributed by atoms with E-state index < -0.39 is 5.91 Å². The minimum atomic E-state index is -0.528. The number of para-hydroxylation sites is 1. The molecule has 8 nitrogen and oxygen atoms in total. The fourth-order valence-corrected chi connectivity index (χ4v) is 4.07. The Balaban J connectivity index is 1.57. The van der Waals surface area contributed by atoms with Gasteiger partial charge in [-0.15, -0.1) is 0 Å². The number of hydrogen-bond acceptors (Lipinski definition) is 5. The molecule has 0 aliphatic carbocycles. The molecule has 152 valence electrons. The van der Waals surface area contributed by atoms with Crippen molar-refractivity contribution in [3.05, 3.63) is 64.4 Å². The van der Waals surface area contributed by atoms with Crippen LogP contribution in [0, 0.1) is 0 Å². The topological polar surface area (TPSA) is 123 Å². The third-order valence-corrected chi connectivity index (χ3v) is 5.65. The Morgan fingerprint density at radius 2 is 1.90 bits per heavy atom. The number of nitrogens with zero attached hydrogens (tertiary/aromatic N) is 2. The van der Waals surface area contributed by atoms with Gasteiger partial charge in [-0.3, -0.25) is 19.0 Å². The Kier molecular flexibility index (Phi) is 5.28. The van der Waals surface area contributed by atoms with Crippen LogP contribution in [0.25, 0.3) is 21.9 Å². The first-order valence-corrected chi connectivity index (χ1v) is 10.3. The summed E-state index contributed by atoms with van der Waals surface area (Å²) in [6.45, 7) is 2.30. The van der Waals surface area contributed by atoms with Crippen LogP contribution >= 0.6 is 11.8 Å². The van der Waals surface area contributed by atoms with Crippen molar-refractivity contribution in [1.29, 1.82) is 0 Å². The largest absolute Gasteiger partial charge is 0.366 e. The number of H-pyrrole nitrogens is 1. The fourth-order valence-electron chi connectivity index (χ4n) is 3.21. The third kappa shape index (κ3) is 3.67. The summed E-state index contributed by atoms with van der Waals surface area (Å²) < 4.78 is 1.55. The van der Waals surface area contributed by atoms with Crippen LogP contribution in [-0.2, 0) is 11.3 Å². The van der Waals surface area contributed by atoms with Gasteiger partial charge in [-0.1, -0.05) is 30.0 Å². The zero-order valence-electron chi connectivity index (χ0n) is 16.1. The summed E-state index contributed by atoms with van der Waals surface area (Å²) in [5.41, 5.74) is 7.88. The van der Waals surface area contributed by atoms with Crippen molar-refractivity contribution in [3.8, 4) is 0 Å². The molecular weight excluding hydrogens is 402 g/mol. The molecule has 30 heavy (non-hydrogen) atoms. The number of amides is 2. The number of carbonyl (C=O) groups is 2. The van der Waals surface area contributed by atoms with Gasteiger partial charge in [-0.2, -0.15) is 0 Å². The van der Waals surface area contributed by atoms with Crippen LogP contribution in [-0.4, -0.2) is 32.1 Å². The zero-order valence-corrected chi connectivity index (χ0v) is 17.0. The van der Waals surface area contributed by atoms with Crippen molar-refractivity contribution in [2.45, 2.75) is 18.6 Å². The number of aromatic amines is 1. The number of nitrogens with two attached hydrogens (primary N) is 1. The highest BCUT2D eigenvalue weighted by atomic mass is 32.2. The monoisotopic (exact) mass is 421 g/mol. The van der Waals surface area contributed by atoms with Gasteiger partial charge < -0.3 is 16.0 Å². The molecule has 9 heteroatoms. The Morgan fingerprint density at radius 1 is 1.17 bits per heavy atom. The van der Waals surface area contributed by atoms with Crippen LogP contribution in [0.5, 0.6) is 0 Å². The standard InChI is InChI=1S/C21H19N5O3S/c1-2-26-20(29)18-17(14-5-3-4-6-15(14)24-18)25-21(26)30-11-16(27)23-13-9-7-12(8-10-13)19(22)28/h3-10,24H,2,11H2,1H3,(H2,22,28)(H,23,27). The van der Waals surface area contributed by atoms with Crippen molar-refractivity contribution < 1.29 is 9.59 Å². The van der Waals surface area contributed by atoms with Gasteiger partial charge in [0.05, 0.1) is 5.75 Å². The molecule has 2 aromatic heterocycles. The number of rotatable bonds is 6. The summed E-state index contributed by atoms with van der Waals surface area (Å²) in [7, 11) is 0. The van der Waals surface area contributed by atoms with Gasteiger partial charge in [0.25, 0.3) is 5.56 Å². The summed E-state index contributed by atoms with van der Waals surface area (Å²) in [6, 6.07) is 13.9. The number of aromatic nitrogens is 3. The van der Waals surface area contributed by atoms with Crippen molar-refractivity contribution in [2.24, 2.45) is 5.73 Å². The average Bonchev–Trinajstić information content (AvgIpc) is 3.12. The van der Waals surface area contributed by atoms with E-state index in [0.717, 1.165) is 10.9 Å². The molecule has 0 atom stereocenters. The summed E-state index contributed by atoms with van der Waals surface area (Å²) in [6.07, 6.45) is 0. The maximum Gasteiger partial charge on any atom is 0.278 e. The quantitative estimate of drug-likeness (QED) is 0.326. The molecule has 0 saturated heterocycles. The number of fused-ring (bicyclic) bond motifs is 3. The molecule has 0 fully saturated rings. The van der Waals surface area contributed by atoms with E-state index in [1.54, 1.807) is 28.8 Å². The van der Waals surface area contributed by atoms with Gasteiger partial charge in [-0.05, 0) is 37.3 Å². The van der Waals surface area contributed by atoms with Crippen LogP contribution in [0.3, 0.4) is 0 Å². The normalized spacial score (nSPS) is 11.1. The second-order valence-electron chi connectivity index (χ2n) is 6.62. The Hall–Kier alpha value is -3.59. The van der Waals surface area contributed by atoms with Crippen molar-refractivity contribution in [2.75, 3.05) is 11.1 Å². The number of hydrogen-bond donors (Lipinski definition) is 3. The van der Waals surface area contributed by atoms with Crippen LogP contribution in [0.2, 0.25) is 0 Å². The highest BCUT2D eigenvalue weighted by molar-refractivity contribution is 7.99. The van der Waals surface area contributed by atoms with E-state index >= 15 is 0 Å². The fraction of sp³-hybridized carbons (Fsp3) is 0.143. The minimum absolute atomic E-state index is 0.0812. The van der Waals surface area contributed by atoms with Crippen molar-refractivity contribution in [3.63, 3.8) is 0 Å². The SMILES string of the molecule is CCn1c(SCC(=O)Nc2ccc(C(N)=O)cc2)nc2c([nH]c3ccccc32)c1=O. The van der Waals surface area contributed by atoms with Crippen LogP contribution in [0.15, 0.2) is 58.5 Å². The number of thioether (sulfide) groups is 1.